The van der Waals surface area contributed by atoms with E-state index in [0.717, 1.165) is 11.1 Å². The molecule has 19 heavy (non-hydrogen) atoms. The Morgan fingerprint density at radius 3 is 2.63 bits per heavy atom. The van der Waals surface area contributed by atoms with Crippen LogP contribution < -0.4 is 10.1 Å². The lowest BCUT2D eigenvalue weighted by Gasteiger charge is -2.17. The first-order valence-corrected chi connectivity index (χ1v) is 6.56. The van der Waals surface area contributed by atoms with Crippen LogP contribution in [0.1, 0.15) is 49.8 Å². The van der Waals surface area contributed by atoms with Crippen LogP contribution in [-0.4, -0.2) is 25.2 Å². The molecule has 4 nitrogen and oxygen atoms in total. The summed E-state index contributed by atoms with van der Waals surface area (Å²) in [5.41, 5.74) is 1.90. The summed E-state index contributed by atoms with van der Waals surface area (Å²) >= 11 is 0. The van der Waals surface area contributed by atoms with E-state index in [-0.39, 0.29) is 5.91 Å². The van der Waals surface area contributed by atoms with Gasteiger partial charge in [-0.3, -0.25) is 4.79 Å². The number of hydrogen-bond acceptors (Lipinski definition) is 3. The quantitative estimate of drug-likeness (QED) is 0.830. The Hall–Kier alpha value is -1.55. The highest BCUT2D eigenvalue weighted by molar-refractivity contribution is 5.75. The zero-order valence-corrected chi connectivity index (χ0v) is 12.1. The molecule has 0 fully saturated rings. The molecule has 1 amide bonds. The molecule has 1 aromatic rings. The second kappa shape index (κ2) is 7.14. The van der Waals surface area contributed by atoms with Gasteiger partial charge in [-0.15, -0.1) is 0 Å². The second-order valence-electron chi connectivity index (χ2n) is 4.88. The summed E-state index contributed by atoms with van der Waals surface area (Å²) in [6.45, 7) is 4.20. The lowest BCUT2D eigenvalue weighted by Crippen LogP contribution is -2.18. The lowest BCUT2D eigenvalue weighted by molar-refractivity contribution is -0.121. The van der Waals surface area contributed by atoms with E-state index < -0.39 is 6.10 Å². The van der Waals surface area contributed by atoms with Crippen LogP contribution in [0.3, 0.4) is 0 Å². The maximum Gasteiger partial charge on any atom is 0.219 e. The van der Waals surface area contributed by atoms with Crippen molar-refractivity contribution in [3.63, 3.8) is 0 Å². The highest BCUT2D eigenvalue weighted by Gasteiger charge is 2.16. The molecule has 2 N–H and O–H groups in total. The van der Waals surface area contributed by atoms with Gasteiger partial charge in [0, 0.05) is 19.0 Å². The molecule has 1 rings (SSSR count). The summed E-state index contributed by atoms with van der Waals surface area (Å²) in [5, 5.41) is 12.8. The molecule has 4 heteroatoms. The molecule has 0 radical (unpaired) electrons. The molecule has 0 bridgehead atoms. The predicted octanol–water partition coefficient (Wildman–Crippen LogP) is 2.38. The van der Waals surface area contributed by atoms with Gasteiger partial charge in [0.2, 0.25) is 5.91 Å². The van der Waals surface area contributed by atoms with Crippen LogP contribution in [0.5, 0.6) is 5.75 Å². The Kier molecular flexibility index (Phi) is 5.83. The summed E-state index contributed by atoms with van der Waals surface area (Å²) in [5.74, 6) is 0.975. The number of methoxy groups -OCH3 is 1. The van der Waals surface area contributed by atoms with Crippen LogP contribution in [0, 0.1) is 0 Å². The standard InChI is InChI=1S/C15H23NO3/c1-10(2)11-5-7-14(19-4)12(9-11)13(17)6-8-15(18)16-3/h5,7,9-10,13,17H,6,8H2,1-4H3,(H,16,18). The van der Waals surface area contributed by atoms with Gasteiger partial charge < -0.3 is 15.2 Å². The minimum Gasteiger partial charge on any atom is -0.496 e. The number of rotatable bonds is 6. The molecular formula is C15H23NO3. The minimum absolute atomic E-state index is 0.0713. The Morgan fingerprint density at radius 1 is 1.42 bits per heavy atom. The molecule has 1 aromatic carbocycles. The van der Waals surface area contributed by atoms with Crippen molar-refractivity contribution in [2.24, 2.45) is 0 Å². The van der Waals surface area contributed by atoms with Crippen LogP contribution >= 0.6 is 0 Å². The smallest absolute Gasteiger partial charge is 0.219 e. The fraction of sp³-hybridized carbons (Fsp3) is 0.533. The van der Waals surface area contributed by atoms with Crippen LogP contribution in [0.25, 0.3) is 0 Å². The van der Waals surface area contributed by atoms with Gasteiger partial charge in [-0.25, -0.2) is 0 Å². The maximum absolute atomic E-state index is 11.2. The Bertz CT molecular complexity index is 429. The molecule has 0 saturated heterocycles. The van der Waals surface area contributed by atoms with Crippen LogP contribution in [0.4, 0.5) is 0 Å². The summed E-state index contributed by atoms with van der Waals surface area (Å²) in [6, 6.07) is 5.82. The van der Waals surface area contributed by atoms with E-state index in [0.29, 0.717) is 24.5 Å². The average Bonchev–Trinajstić information content (AvgIpc) is 2.43. The summed E-state index contributed by atoms with van der Waals surface area (Å²) in [7, 11) is 3.17. The van der Waals surface area contributed by atoms with Gasteiger partial charge >= 0.3 is 0 Å². The third kappa shape index (κ3) is 4.24. The van der Waals surface area contributed by atoms with Gasteiger partial charge in [0.15, 0.2) is 0 Å². The zero-order valence-electron chi connectivity index (χ0n) is 12.1. The van der Waals surface area contributed by atoms with Gasteiger partial charge in [-0.1, -0.05) is 19.9 Å². The van der Waals surface area contributed by atoms with Gasteiger partial charge in [0.05, 0.1) is 13.2 Å². The van der Waals surface area contributed by atoms with Gasteiger partial charge in [0.1, 0.15) is 5.75 Å². The average molecular weight is 265 g/mol. The second-order valence-corrected chi connectivity index (χ2v) is 4.88. The molecule has 0 saturated carbocycles. The summed E-state index contributed by atoms with van der Waals surface area (Å²) in [6.07, 6.45) is -0.00410. The van der Waals surface area contributed by atoms with Crippen molar-refractivity contribution in [3.05, 3.63) is 29.3 Å². The molecule has 106 valence electrons. The molecule has 0 aliphatic carbocycles. The third-order valence-electron chi connectivity index (χ3n) is 3.20. The molecule has 0 heterocycles. The van der Waals surface area contributed by atoms with Crippen LogP contribution in [0.15, 0.2) is 18.2 Å². The molecule has 0 spiro atoms. The lowest BCUT2D eigenvalue weighted by atomic mass is 9.96. The molecule has 0 aromatic heterocycles. The number of ether oxygens (including phenoxy) is 1. The van der Waals surface area contributed by atoms with Crippen molar-refractivity contribution in [2.45, 2.75) is 38.7 Å². The Morgan fingerprint density at radius 2 is 2.11 bits per heavy atom. The number of hydrogen-bond donors (Lipinski definition) is 2. The van der Waals surface area contributed by atoms with Crippen LogP contribution in [0.2, 0.25) is 0 Å². The Labute approximate surface area is 114 Å². The van der Waals surface area contributed by atoms with E-state index in [4.69, 9.17) is 4.74 Å². The monoisotopic (exact) mass is 265 g/mol. The van der Waals surface area contributed by atoms with E-state index in [1.54, 1.807) is 14.2 Å². The molecular weight excluding hydrogens is 242 g/mol. The number of amides is 1. The normalized spacial score (nSPS) is 12.3. The van der Waals surface area contributed by atoms with Gasteiger partial charge in [-0.05, 0) is 30.0 Å². The van der Waals surface area contributed by atoms with Crippen molar-refractivity contribution in [3.8, 4) is 5.75 Å². The Balaban J connectivity index is 2.89. The molecule has 0 aliphatic rings. The number of aliphatic hydroxyl groups is 1. The first-order chi connectivity index (χ1) is 8.99. The predicted molar refractivity (Wildman–Crippen MR) is 75.3 cm³/mol. The number of benzene rings is 1. The van der Waals surface area contributed by atoms with E-state index in [1.807, 2.05) is 18.2 Å². The van der Waals surface area contributed by atoms with Crippen molar-refractivity contribution >= 4 is 5.91 Å². The highest BCUT2D eigenvalue weighted by atomic mass is 16.5. The van der Waals surface area contributed by atoms with E-state index in [9.17, 15) is 9.90 Å². The summed E-state index contributed by atoms with van der Waals surface area (Å²) < 4.78 is 5.27. The molecule has 1 atom stereocenters. The first-order valence-electron chi connectivity index (χ1n) is 6.56. The van der Waals surface area contributed by atoms with E-state index in [2.05, 4.69) is 19.2 Å². The largest absolute Gasteiger partial charge is 0.496 e. The van der Waals surface area contributed by atoms with Gasteiger partial charge in [0.25, 0.3) is 0 Å². The van der Waals surface area contributed by atoms with Crippen LogP contribution in [-0.2, 0) is 4.79 Å². The fourth-order valence-corrected chi connectivity index (χ4v) is 1.92. The molecule has 0 aliphatic heterocycles. The number of aliphatic hydroxyl groups excluding tert-OH is 1. The van der Waals surface area contributed by atoms with Crippen molar-refractivity contribution < 1.29 is 14.6 Å². The highest BCUT2D eigenvalue weighted by Crippen LogP contribution is 2.31. The maximum atomic E-state index is 11.2. The summed E-state index contributed by atoms with van der Waals surface area (Å²) in [4.78, 5) is 11.2. The van der Waals surface area contributed by atoms with E-state index >= 15 is 0 Å². The zero-order chi connectivity index (χ0) is 14.4. The minimum atomic E-state index is -0.689. The van der Waals surface area contributed by atoms with Crippen molar-refractivity contribution in [1.29, 1.82) is 0 Å². The van der Waals surface area contributed by atoms with Crippen molar-refractivity contribution in [1.82, 2.24) is 5.32 Å². The number of carbonyl (C=O) groups is 1. The molecule has 1 unspecified atom stereocenters. The first kappa shape index (κ1) is 15.5. The third-order valence-corrected chi connectivity index (χ3v) is 3.20. The SMILES string of the molecule is CNC(=O)CCC(O)c1cc(C(C)C)ccc1OC. The number of carbonyl (C=O) groups excluding carboxylic acids is 1. The van der Waals surface area contributed by atoms with E-state index in [1.165, 1.54) is 0 Å². The van der Waals surface area contributed by atoms with Crippen molar-refractivity contribution in [2.75, 3.05) is 14.2 Å². The van der Waals surface area contributed by atoms with Gasteiger partial charge in [-0.2, -0.15) is 0 Å². The number of nitrogens with one attached hydrogen (secondary N) is 1. The fourth-order valence-electron chi connectivity index (χ4n) is 1.92. The topological polar surface area (TPSA) is 58.6 Å².